The van der Waals surface area contributed by atoms with Gasteiger partial charge in [0.1, 0.15) is 17.5 Å². The van der Waals surface area contributed by atoms with E-state index in [2.05, 4.69) is 21.2 Å². The predicted octanol–water partition coefficient (Wildman–Crippen LogP) is 2.24. The largest absolute Gasteiger partial charge is 0.354 e. The van der Waals surface area contributed by atoms with Crippen LogP contribution >= 0.6 is 15.9 Å². The summed E-state index contributed by atoms with van der Waals surface area (Å²) in [4.78, 5) is 11.2. The summed E-state index contributed by atoms with van der Waals surface area (Å²) in [6.45, 7) is 0. The molecule has 0 atom stereocenters. The van der Waals surface area contributed by atoms with E-state index in [0.717, 1.165) is 0 Å². The van der Waals surface area contributed by atoms with E-state index in [0.29, 0.717) is 5.56 Å². The fraction of sp³-hybridized carbons (Fsp3) is 0.0909. The zero-order valence-corrected chi connectivity index (χ0v) is 10.0. The summed E-state index contributed by atoms with van der Waals surface area (Å²) >= 11 is 3.02. The molecular formula is C11H8BrFN2O. The minimum absolute atomic E-state index is 0.0268. The Kier molecular flexibility index (Phi) is 4.20. The first-order chi connectivity index (χ1) is 7.58. The van der Waals surface area contributed by atoms with E-state index in [4.69, 9.17) is 5.26 Å². The summed E-state index contributed by atoms with van der Waals surface area (Å²) in [5.41, 5.74) is 0.550. The molecule has 0 saturated carbocycles. The maximum Gasteiger partial charge on any atom is 0.261 e. The molecular weight excluding hydrogens is 275 g/mol. The van der Waals surface area contributed by atoms with Gasteiger partial charge in [0, 0.05) is 7.05 Å². The van der Waals surface area contributed by atoms with Gasteiger partial charge in [0.2, 0.25) is 0 Å². The van der Waals surface area contributed by atoms with Crippen molar-refractivity contribution in [3.8, 4) is 6.07 Å². The van der Waals surface area contributed by atoms with Crippen molar-refractivity contribution in [2.45, 2.75) is 0 Å². The van der Waals surface area contributed by atoms with Crippen LogP contribution in [0.2, 0.25) is 0 Å². The van der Waals surface area contributed by atoms with Crippen LogP contribution in [0.3, 0.4) is 0 Å². The molecule has 0 heterocycles. The average Bonchev–Trinajstić information content (AvgIpc) is 2.29. The summed E-state index contributed by atoms with van der Waals surface area (Å²) in [5.74, 6) is -0.862. The fourth-order valence-electron chi connectivity index (χ4n) is 1.05. The zero-order chi connectivity index (χ0) is 12.1. The zero-order valence-electron chi connectivity index (χ0n) is 8.42. The van der Waals surface area contributed by atoms with E-state index >= 15 is 0 Å². The second-order valence-electron chi connectivity index (χ2n) is 2.92. The van der Waals surface area contributed by atoms with Gasteiger partial charge in [-0.3, -0.25) is 4.79 Å². The minimum atomic E-state index is -0.469. The number of hydrogen-bond acceptors (Lipinski definition) is 2. The van der Waals surface area contributed by atoms with Gasteiger partial charge in [-0.2, -0.15) is 5.26 Å². The first-order valence-electron chi connectivity index (χ1n) is 4.37. The van der Waals surface area contributed by atoms with Gasteiger partial charge in [0.25, 0.3) is 5.91 Å². The third-order valence-electron chi connectivity index (χ3n) is 1.85. The van der Waals surface area contributed by atoms with Crippen molar-refractivity contribution in [1.29, 1.82) is 5.26 Å². The number of carbonyl (C=O) groups is 1. The Morgan fingerprint density at radius 2 is 2.31 bits per heavy atom. The molecule has 1 aromatic rings. The summed E-state index contributed by atoms with van der Waals surface area (Å²) in [6.07, 6.45) is 1.39. The lowest BCUT2D eigenvalue weighted by atomic mass is 10.1. The Hall–Kier alpha value is -1.67. The summed E-state index contributed by atoms with van der Waals surface area (Å²) in [7, 11) is 1.44. The van der Waals surface area contributed by atoms with E-state index in [-0.39, 0.29) is 10.0 Å². The van der Waals surface area contributed by atoms with Crippen LogP contribution in [0.1, 0.15) is 5.56 Å². The molecule has 5 heteroatoms. The summed E-state index contributed by atoms with van der Waals surface area (Å²) < 4.78 is 13.2. The van der Waals surface area contributed by atoms with Crippen molar-refractivity contribution in [2.75, 3.05) is 7.05 Å². The van der Waals surface area contributed by atoms with Crippen LogP contribution in [0.4, 0.5) is 4.39 Å². The van der Waals surface area contributed by atoms with Crippen LogP contribution in [0.5, 0.6) is 0 Å². The number of likely N-dealkylation sites (N-methyl/N-ethyl adjacent to an activating group) is 1. The van der Waals surface area contributed by atoms with E-state index in [1.165, 1.54) is 31.3 Å². The van der Waals surface area contributed by atoms with Crippen LogP contribution in [0, 0.1) is 17.1 Å². The van der Waals surface area contributed by atoms with Crippen LogP contribution in [-0.4, -0.2) is 13.0 Å². The van der Waals surface area contributed by atoms with Crippen molar-refractivity contribution >= 4 is 27.9 Å². The van der Waals surface area contributed by atoms with E-state index < -0.39 is 11.7 Å². The number of nitrogens with zero attached hydrogens (tertiary/aromatic N) is 1. The Balaban J connectivity index is 3.10. The van der Waals surface area contributed by atoms with Gasteiger partial charge in [-0.25, -0.2) is 4.39 Å². The summed E-state index contributed by atoms with van der Waals surface area (Å²) in [5, 5.41) is 11.1. The lowest BCUT2D eigenvalue weighted by Gasteiger charge is -1.99. The Morgan fingerprint density at radius 3 is 2.81 bits per heavy atom. The van der Waals surface area contributed by atoms with Gasteiger partial charge in [0.05, 0.1) is 4.47 Å². The van der Waals surface area contributed by atoms with Crippen LogP contribution < -0.4 is 5.32 Å². The number of nitriles is 1. The number of hydrogen-bond donors (Lipinski definition) is 1. The molecule has 1 aromatic carbocycles. The third kappa shape index (κ3) is 2.91. The van der Waals surface area contributed by atoms with Gasteiger partial charge in [-0.1, -0.05) is 6.07 Å². The van der Waals surface area contributed by atoms with E-state index in [1.807, 2.05) is 0 Å². The predicted molar refractivity (Wildman–Crippen MR) is 61.8 cm³/mol. The van der Waals surface area contributed by atoms with Gasteiger partial charge in [-0.05, 0) is 39.7 Å². The highest BCUT2D eigenvalue weighted by Crippen LogP contribution is 2.18. The standard InChI is InChI=1S/C11H8BrFN2O/c1-15-11(16)8(6-14)4-7-2-3-10(13)9(12)5-7/h2-5H,1H3,(H,15,16)/b8-4-. The van der Waals surface area contributed by atoms with E-state index in [9.17, 15) is 9.18 Å². The maximum atomic E-state index is 12.9. The third-order valence-corrected chi connectivity index (χ3v) is 2.45. The molecule has 0 radical (unpaired) electrons. The average molecular weight is 283 g/mol. The molecule has 0 unspecified atom stereocenters. The molecule has 0 aliphatic heterocycles. The quantitative estimate of drug-likeness (QED) is 0.668. The lowest BCUT2D eigenvalue weighted by Crippen LogP contribution is -2.19. The van der Waals surface area contributed by atoms with Gasteiger partial charge >= 0.3 is 0 Å². The molecule has 0 spiro atoms. The molecule has 16 heavy (non-hydrogen) atoms. The smallest absolute Gasteiger partial charge is 0.261 e. The molecule has 0 fully saturated rings. The molecule has 0 bridgehead atoms. The Bertz CT molecular complexity index is 491. The minimum Gasteiger partial charge on any atom is -0.354 e. The fourth-order valence-corrected chi connectivity index (χ4v) is 1.45. The molecule has 82 valence electrons. The van der Waals surface area contributed by atoms with Crippen molar-refractivity contribution in [3.63, 3.8) is 0 Å². The molecule has 0 aliphatic carbocycles. The maximum absolute atomic E-state index is 12.9. The Morgan fingerprint density at radius 1 is 1.62 bits per heavy atom. The number of benzene rings is 1. The molecule has 0 aromatic heterocycles. The molecule has 1 N–H and O–H groups in total. The number of rotatable bonds is 2. The SMILES string of the molecule is CNC(=O)/C(C#N)=C\c1ccc(F)c(Br)c1. The summed E-state index contributed by atoms with van der Waals surface area (Å²) in [6, 6.07) is 6.02. The van der Waals surface area contributed by atoms with Crippen molar-refractivity contribution < 1.29 is 9.18 Å². The van der Waals surface area contributed by atoms with Crippen molar-refractivity contribution in [2.24, 2.45) is 0 Å². The molecule has 1 rings (SSSR count). The topological polar surface area (TPSA) is 52.9 Å². The second-order valence-corrected chi connectivity index (χ2v) is 3.78. The highest BCUT2D eigenvalue weighted by atomic mass is 79.9. The monoisotopic (exact) mass is 282 g/mol. The molecule has 0 saturated heterocycles. The van der Waals surface area contributed by atoms with Gasteiger partial charge in [0.15, 0.2) is 0 Å². The van der Waals surface area contributed by atoms with Crippen LogP contribution in [0.15, 0.2) is 28.2 Å². The molecule has 1 amide bonds. The lowest BCUT2D eigenvalue weighted by molar-refractivity contribution is -0.116. The normalized spacial score (nSPS) is 10.8. The van der Waals surface area contributed by atoms with Gasteiger partial charge in [-0.15, -0.1) is 0 Å². The number of amides is 1. The number of nitrogens with one attached hydrogen (secondary N) is 1. The van der Waals surface area contributed by atoms with Crippen LogP contribution in [0.25, 0.3) is 6.08 Å². The Labute approximate surface area is 101 Å². The molecule has 3 nitrogen and oxygen atoms in total. The first-order valence-corrected chi connectivity index (χ1v) is 5.16. The first kappa shape index (κ1) is 12.4. The molecule has 0 aliphatic rings. The second kappa shape index (κ2) is 5.42. The number of halogens is 2. The van der Waals surface area contributed by atoms with Crippen molar-refractivity contribution in [1.82, 2.24) is 5.32 Å². The van der Waals surface area contributed by atoms with Crippen molar-refractivity contribution in [3.05, 3.63) is 39.6 Å². The van der Waals surface area contributed by atoms with Gasteiger partial charge < -0.3 is 5.32 Å². The van der Waals surface area contributed by atoms with Crippen LogP contribution in [-0.2, 0) is 4.79 Å². The number of carbonyl (C=O) groups excluding carboxylic acids is 1. The highest BCUT2D eigenvalue weighted by Gasteiger charge is 2.06. The van der Waals surface area contributed by atoms with E-state index in [1.54, 1.807) is 6.07 Å². The highest BCUT2D eigenvalue weighted by molar-refractivity contribution is 9.10.